The van der Waals surface area contributed by atoms with Crippen LogP contribution in [0.15, 0.2) is 12.2 Å². The summed E-state index contributed by atoms with van der Waals surface area (Å²) < 4.78 is 5.24. The summed E-state index contributed by atoms with van der Waals surface area (Å²) in [6.45, 7) is 4.49. The molecule has 15 heavy (non-hydrogen) atoms. The number of hydrogen-bond acceptors (Lipinski definition) is 2. The summed E-state index contributed by atoms with van der Waals surface area (Å²) in [6.07, 6.45) is 10.8. The number of ether oxygens (including phenoxy) is 1. The first-order valence-corrected chi connectivity index (χ1v) is 5.95. The number of esters is 1. The second-order valence-corrected chi connectivity index (χ2v) is 4.88. The Bertz CT molecular complexity index is 229. The Kier molecular flexibility index (Phi) is 4.86. The Morgan fingerprint density at radius 1 is 1.13 bits per heavy atom. The molecule has 0 aromatic rings. The van der Waals surface area contributed by atoms with Crippen molar-refractivity contribution in [1.29, 1.82) is 0 Å². The molecule has 0 spiro atoms. The van der Waals surface area contributed by atoms with E-state index in [1.54, 1.807) is 0 Å². The highest BCUT2D eigenvalue weighted by atomic mass is 16.5. The van der Waals surface area contributed by atoms with Gasteiger partial charge in [-0.3, -0.25) is 4.79 Å². The molecule has 0 saturated carbocycles. The van der Waals surface area contributed by atoms with E-state index >= 15 is 0 Å². The van der Waals surface area contributed by atoms with Crippen LogP contribution in [0.5, 0.6) is 0 Å². The lowest BCUT2D eigenvalue weighted by Crippen LogP contribution is -2.27. The maximum Gasteiger partial charge on any atom is 0.311 e. The number of carbonyl (C=O) groups is 1. The van der Waals surface area contributed by atoms with Gasteiger partial charge in [0.2, 0.25) is 0 Å². The quantitative estimate of drug-likeness (QED) is 0.452. The first kappa shape index (κ1) is 12.3. The zero-order valence-electron chi connectivity index (χ0n) is 9.92. The highest BCUT2D eigenvalue weighted by molar-refractivity contribution is 5.75. The molecule has 0 radical (unpaired) electrons. The molecular weight excluding hydrogens is 188 g/mol. The third-order valence-electron chi connectivity index (χ3n) is 2.91. The van der Waals surface area contributed by atoms with Gasteiger partial charge in [-0.05, 0) is 39.5 Å². The van der Waals surface area contributed by atoms with E-state index in [2.05, 4.69) is 12.2 Å². The van der Waals surface area contributed by atoms with E-state index in [0.29, 0.717) is 6.61 Å². The predicted octanol–water partition coefficient (Wildman–Crippen LogP) is 3.47. The monoisotopic (exact) mass is 210 g/mol. The smallest absolute Gasteiger partial charge is 0.311 e. The van der Waals surface area contributed by atoms with Crippen molar-refractivity contribution < 1.29 is 9.53 Å². The van der Waals surface area contributed by atoms with Crippen LogP contribution in [0.25, 0.3) is 0 Å². The molecule has 2 nitrogen and oxygen atoms in total. The van der Waals surface area contributed by atoms with Gasteiger partial charge in [-0.25, -0.2) is 0 Å². The number of cyclic esters (lactones) is 1. The van der Waals surface area contributed by atoms with E-state index in [-0.39, 0.29) is 11.4 Å². The largest absolute Gasteiger partial charge is 0.465 e. The highest BCUT2D eigenvalue weighted by Crippen LogP contribution is 2.26. The van der Waals surface area contributed by atoms with Crippen molar-refractivity contribution in [1.82, 2.24) is 0 Å². The number of carbonyl (C=O) groups excluding carboxylic acids is 1. The van der Waals surface area contributed by atoms with E-state index < -0.39 is 0 Å². The van der Waals surface area contributed by atoms with Gasteiger partial charge in [0, 0.05) is 0 Å². The molecule has 0 aromatic heterocycles. The average molecular weight is 210 g/mol. The van der Waals surface area contributed by atoms with Crippen LogP contribution in [0.4, 0.5) is 0 Å². The maximum atomic E-state index is 11.7. The van der Waals surface area contributed by atoms with E-state index in [4.69, 9.17) is 4.74 Å². The fraction of sp³-hybridized carbons (Fsp3) is 0.769. The van der Waals surface area contributed by atoms with Crippen LogP contribution >= 0.6 is 0 Å². The Morgan fingerprint density at radius 2 is 1.87 bits per heavy atom. The van der Waals surface area contributed by atoms with Crippen molar-refractivity contribution in [3.8, 4) is 0 Å². The second-order valence-electron chi connectivity index (χ2n) is 4.88. The zero-order valence-corrected chi connectivity index (χ0v) is 9.92. The lowest BCUT2D eigenvalue weighted by molar-refractivity contribution is -0.154. The van der Waals surface area contributed by atoms with Crippen LogP contribution in [0.3, 0.4) is 0 Å². The Morgan fingerprint density at radius 3 is 2.67 bits per heavy atom. The van der Waals surface area contributed by atoms with E-state index in [1.165, 1.54) is 12.8 Å². The van der Waals surface area contributed by atoms with Gasteiger partial charge in [0.25, 0.3) is 0 Å². The van der Waals surface area contributed by atoms with Crippen LogP contribution < -0.4 is 0 Å². The molecule has 1 aliphatic rings. The topological polar surface area (TPSA) is 26.3 Å². The summed E-state index contributed by atoms with van der Waals surface area (Å²) in [5.74, 6) is -0.0449. The van der Waals surface area contributed by atoms with E-state index in [0.717, 1.165) is 25.7 Å². The Hall–Kier alpha value is -0.790. The molecular formula is C13H22O2. The number of allylic oxidation sites excluding steroid dienone is 1. The summed E-state index contributed by atoms with van der Waals surface area (Å²) in [6, 6.07) is 0. The SMILES string of the molecule is CC1(C)CCCCC/C=C/CCOC1=O. The first-order chi connectivity index (χ1) is 7.13. The Labute approximate surface area is 92.7 Å². The zero-order chi connectivity index (χ0) is 11.1. The van der Waals surface area contributed by atoms with Crippen LogP contribution in [0.1, 0.15) is 52.4 Å². The van der Waals surface area contributed by atoms with Crippen molar-refractivity contribution in [2.24, 2.45) is 5.41 Å². The fourth-order valence-corrected chi connectivity index (χ4v) is 1.76. The number of hydrogen-bond donors (Lipinski definition) is 0. The van der Waals surface area contributed by atoms with Gasteiger partial charge in [-0.15, -0.1) is 0 Å². The summed E-state index contributed by atoms with van der Waals surface area (Å²) in [5.41, 5.74) is -0.303. The fourth-order valence-electron chi connectivity index (χ4n) is 1.76. The molecule has 0 bridgehead atoms. The first-order valence-electron chi connectivity index (χ1n) is 5.95. The maximum absolute atomic E-state index is 11.7. The van der Waals surface area contributed by atoms with Crippen LogP contribution in [0.2, 0.25) is 0 Å². The molecule has 86 valence electrons. The molecule has 0 saturated heterocycles. The van der Waals surface area contributed by atoms with Gasteiger partial charge in [-0.2, -0.15) is 0 Å². The van der Waals surface area contributed by atoms with Crippen molar-refractivity contribution >= 4 is 5.97 Å². The molecule has 0 unspecified atom stereocenters. The van der Waals surface area contributed by atoms with Crippen molar-refractivity contribution in [2.45, 2.75) is 52.4 Å². The van der Waals surface area contributed by atoms with Gasteiger partial charge in [-0.1, -0.05) is 25.0 Å². The number of rotatable bonds is 0. The third kappa shape index (κ3) is 4.50. The van der Waals surface area contributed by atoms with Crippen molar-refractivity contribution in [3.63, 3.8) is 0 Å². The summed E-state index contributed by atoms with van der Waals surface area (Å²) >= 11 is 0. The lowest BCUT2D eigenvalue weighted by Gasteiger charge is -2.22. The van der Waals surface area contributed by atoms with E-state index in [1.807, 2.05) is 13.8 Å². The summed E-state index contributed by atoms with van der Waals surface area (Å²) in [5, 5.41) is 0. The third-order valence-corrected chi connectivity index (χ3v) is 2.91. The molecule has 1 aliphatic heterocycles. The van der Waals surface area contributed by atoms with Crippen LogP contribution in [-0.4, -0.2) is 12.6 Å². The molecule has 1 rings (SSSR count). The normalized spacial score (nSPS) is 25.9. The lowest BCUT2D eigenvalue weighted by atomic mass is 9.87. The van der Waals surface area contributed by atoms with Gasteiger partial charge < -0.3 is 4.74 Å². The molecule has 0 N–H and O–H groups in total. The molecule has 0 aromatic carbocycles. The van der Waals surface area contributed by atoms with E-state index in [9.17, 15) is 4.79 Å². The van der Waals surface area contributed by atoms with Crippen molar-refractivity contribution in [2.75, 3.05) is 6.61 Å². The van der Waals surface area contributed by atoms with Gasteiger partial charge in [0.1, 0.15) is 0 Å². The van der Waals surface area contributed by atoms with Gasteiger partial charge >= 0.3 is 5.97 Å². The van der Waals surface area contributed by atoms with Crippen molar-refractivity contribution in [3.05, 3.63) is 12.2 Å². The van der Waals surface area contributed by atoms with Gasteiger partial charge in [0.15, 0.2) is 0 Å². The molecule has 0 amide bonds. The highest BCUT2D eigenvalue weighted by Gasteiger charge is 2.28. The van der Waals surface area contributed by atoms with Crippen LogP contribution in [0, 0.1) is 5.41 Å². The summed E-state index contributed by atoms with van der Waals surface area (Å²) in [7, 11) is 0. The van der Waals surface area contributed by atoms with Crippen LogP contribution in [-0.2, 0) is 9.53 Å². The molecule has 2 heteroatoms. The Balaban J connectivity index is 2.50. The summed E-state index contributed by atoms with van der Waals surface area (Å²) in [4.78, 5) is 11.7. The minimum absolute atomic E-state index is 0.0449. The predicted molar refractivity (Wildman–Crippen MR) is 61.6 cm³/mol. The average Bonchev–Trinajstić information content (AvgIpc) is 2.18. The van der Waals surface area contributed by atoms with Gasteiger partial charge in [0.05, 0.1) is 12.0 Å². The second kappa shape index (κ2) is 5.94. The minimum atomic E-state index is -0.303. The molecule has 0 aliphatic carbocycles. The molecule has 1 heterocycles. The molecule has 0 atom stereocenters. The molecule has 0 fully saturated rings. The minimum Gasteiger partial charge on any atom is -0.465 e. The standard InChI is InChI=1S/C13H22O2/c1-13(2)10-8-6-4-3-5-7-9-11-15-12(13)14/h5,7H,3-4,6,8-11H2,1-2H3/b7-5+.